The molecule has 0 spiro atoms. The van der Waals surface area contributed by atoms with Crippen molar-refractivity contribution >= 4 is 11.2 Å². The van der Waals surface area contributed by atoms with Gasteiger partial charge < -0.3 is 10.3 Å². The highest BCUT2D eigenvalue weighted by Crippen LogP contribution is 2.28. The van der Waals surface area contributed by atoms with E-state index in [2.05, 4.69) is 32.2 Å². The molecule has 1 aliphatic rings. The van der Waals surface area contributed by atoms with Gasteiger partial charge in [-0.15, -0.1) is 0 Å². The van der Waals surface area contributed by atoms with Crippen molar-refractivity contribution in [3.8, 4) is 0 Å². The summed E-state index contributed by atoms with van der Waals surface area (Å²) in [4.78, 5) is 34.7. The Morgan fingerprint density at radius 1 is 1.24 bits per heavy atom. The molecule has 1 aliphatic heterocycles. The van der Waals surface area contributed by atoms with Crippen molar-refractivity contribution in [2.24, 2.45) is 0 Å². The lowest BCUT2D eigenvalue weighted by Crippen LogP contribution is -2.26. The fourth-order valence-electron chi connectivity index (χ4n) is 2.24. The molecule has 7 nitrogen and oxygen atoms in total. The number of nitrogens with one attached hydrogen (secondary N) is 4. The maximum absolute atomic E-state index is 11.6. The van der Waals surface area contributed by atoms with Crippen molar-refractivity contribution in [2.75, 3.05) is 13.1 Å². The summed E-state index contributed by atoms with van der Waals surface area (Å²) in [6.45, 7) is 3.83. The van der Waals surface area contributed by atoms with E-state index in [0.717, 1.165) is 25.3 Å². The van der Waals surface area contributed by atoms with E-state index in [1.165, 1.54) is 0 Å². The first-order chi connectivity index (χ1) is 8.08. The standard InChI is InChI=1S/C10H13N5O2/c1-10(2-3-11-4-10)8-12-5-6(13-8)14-9(17)15-7(5)16/h11H,2-4H2,1H3,(H3,12,13,14,15,16,17). The topological polar surface area (TPSA) is 106 Å². The molecule has 90 valence electrons. The van der Waals surface area contributed by atoms with E-state index in [4.69, 9.17) is 0 Å². The van der Waals surface area contributed by atoms with Gasteiger partial charge >= 0.3 is 5.69 Å². The van der Waals surface area contributed by atoms with Gasteiger partial charge in [-0.2, -0.15) is 0 Å². The van der Waals surface area contributed by atoms with E-state index in [-0.39, 0.29) is 5.41 Å². The third kappa shape index (κ3) is 1.50. The first kappa shape index (κ1) is 10.3. The fourth-order valence-corrected chi connectivity index (χ4v) is 2.24. The summed E-state index contributed by atoms with van der Waals surface area (Å²) in [5, 5.41) is 3.26. The molecule has 0 aromatic carbocycles. The van der Waals surface area contributed by atoms with E-state index >= 15 is 0 Å². The number of imidazole rings is 1. The van der Waals surface area contributed by atoms with Crippen molar-refractivity contribution < 1.29 is 0 Å². The number of nitrogens with zero attached hydrogens (tertiary/aromatic N) is 1. The molecule has 1 unspecified atom stereocenters. The molecule has 0 saturated carbocycles. The molecule has 0 bridgehead atoms. The molecular weight excluding hydrogens is 222 g/mol. The number of H-pyrrole nitrogens is 3. The van der Waals surface area contributed by atoms with Crippen LogP contribution in [0.25, 0.3) is 11.2 Å². The highest BCUT2D eigenvalue weighted by atomic mass is 16.2. The van der Waals surface area contributed by atoms with Crippen molar-refractivity contribution in [1.82, 2.24) is 25.3 Å². The first-order valence-electron chi connectivity index (χ1n) is 5.52. The summed E-state index contributed by atoms with van der Waals surface area (Å²) in [5.74, 6) is 0.741. The second kappa shape index (κ2) is 3.30. The molecule has 7 heteroatoms. The molecule has 3 rings (SSSR count). The number of fused-ring (bicyclic) bond motifs is 1. The van der Waals surface area contributed by atoms with Crippen LogP contribution in [0.1, 0.15) is 19.2 Å². The van der Waals surface area contributed by atoms with Crippen molar-refractivity contribution in [2.45, 2.75) is 18.8 Å². The van der Waals surface area contributed by atoms with Gasteiger partial charge in [0, 0.05) is 12.0 Å². The second-order valence-electron chi connectivity index (χ2n) is 4.70. The normalized spacial score (nSPS) is 24.5. The predicted octanol–water partition coefficient (Wildman–Crippen LogP) is -0.810. The Hall–Kier alpha value is -1.89. The lowest BCUT2D eigenvalue weighted by molar-refractivity contribution is 0.496. The molecular formula is C10H13N5O2. The third-order valence-corrected chi connectivity index (χ3v) is 3.33. The second-order valence-corrected chi connectivity index (χ2v) is 4.70. The summed E-state index contributed by atoms with van der Waals surface area (Å²) in [5.41, 5.74) is -0.426. The number of hydrogen-bond donors (Lipinski definition) is 4. The average Bonchev–Trinajstić information content (AvgIpc) is 2.84. The Morgan fingerprint density at radius 2 is 2.06 bits per heavy atom. The minimum atomic E-state index is -0.532. The number of rotatable bonds is 1. The van der Waals surface area contributed by atoms with Crippen LogP contribution >= 0.6 is 0 Å². The third-order valence-electron chi connectivity index (χ3n) is 3.33. The zero-order valence-electron chi connectivity index (χ0n) is 9.39. The summed E-state index contributed by atoms with van der Waals surface area (Å²) in [6, 6.07) is 0. The van der Waals surface area contributed by atoms with Gasteiger partial charge in [0.2, 0.25) is 0 Å². The van der Waals surface area contributed by atoms with Gasteiger partial charge in [0.05, 0.1) is 0 Å². The van der Waals surface area contributed by atoms with Gasteiger partial charge in [-0.1, -0.05) is 6.92 Å². The fraction of sp³-hybridized carbons (Fsp3) is 0.500. The van der Waals surface area contributed by atoms with Crippen LogP contribution < -0.4 is 16.6 Å². The molecule has 2 aromatic rings. The molecule has 2 aromatic heterocycles. The smallest absolute Gasteiger partial charge is 0.327 e. The van der Waals surface area contributed by atoms with Crippen molar-refractivity contribution in [3.05, 3.63) is 26.7 Å². The minimum Gasteiger partial charge on any atom is -0.336 e. The number of hydrogen-bond acceptors (Lipinski definition) is 4. The Morgan fingerprint density at radius 3 is 2.76 bits per heavy atom. The quantitative estimate of drug-likeness (QED) is 0.518. The Balaban J connectivity index is 2.23. The van der Waals surface area contributed by atoms with Crippen LogP contribution in [0.3, 0.4) is 0 Å². The van der Waals surface area contributed by atoms with E-state index < -0.39 is 11.2 Å². The Labute approximate surface area is 95.7 Å². The van der Waals surface area contributed by atoms with Crippen LogP contribution in [0.5, 0.6) is 0 Å². The van der Waals surface area contributed by atoms with Crippen molar-refractivity contribution in [1.29, 1.82) is 0 Å². The minimum absolute atomic E-state index is 0.109. The summed E-state index contributed by atoms with van der Waals surface area (Å²) < 4.78 is 0. The van der Waals surface area contributed by atoms with E-state index in [1.54, 1.807) is 0 Å². The van der Waals surface area contributed by atoms with E-state index in [1.807, 2.05) is 0 Å². The summed E-state index contributed by atoms with van der Waals surface area (Å²) in [6.07, 6.45) is 0.953. The van der Waals surface area contributed by atoms with Gasteiger partial charge in [-0.25, -0.2) is 9.78 Å². The average molecular weight is 235 g/mol. The highest BCUT2D eigenvalue weighted by molar-refractivity contribution is 5.68. The Kier molecular flexibility index (Phi) is 1.99. The zero-order valence-corrected chi connectivity index (χ0v) is 9.39. The highest BCUT2D eigenvalue weighted by Gasteiger charge is 2.33. The zero-order chi connectivity index (χ0) is 12.0. The van der Waals surface area contributed by atoms with E-state index in [0.29, 0.717) is 11.2 Å². The van der Waals surface area contributed by atoms with Crippen LogP contribution in [0.2, 0.25) is 0 Å². The van der Waals surface area contributed by atoms with Gasteiger partial charge in [0.25, 0.3) is 5.56 Å². The lowest BCUT2D eigenvalue weighted by atomic mass is 9.89. The molecule has 0 amide bonds. The summed E-state index contributed by atoms with van der Waals surface area (Å²) >= 11 is 0. The summed E-state index contributed by atoms with van der Waals surface area (Å²) in [7, 11) is 0. The predicted molar refractivity (Wildman–Crippen MR) is 62.2 cm³/mol. The van der Waals surface area contributed by atoms with Gasteiger partial charge in [0.1, 0.15) is 11.3 Å². The van der Waals surface area contributed by atoms with Gasteiger partial charge in [-0.05, 0) is 13.0 Å². The van der Waals surface area contributed by atoms with Crippen LogP contribution in [0.4, 0.5) is 0 Å². The monoisotopic (exact) mass is 235 g/mol. The molecule has 1 saturated heterocycles. The maximum atomic E-state index is 11.6. The van der Waals surface area contributed by atoms with Gasteiger partial charge in [0.15, 0.2) is 5.65 Å². The Bertz CT molecular complexity index is 674. The number of aromatic nitrogens is 4. The molecule has 0 aliphatic carbocycles. The molecule has 0 radical (unpaired) electrons. The van der Waals surface area contributed by atoms with Crippen LogP contribution in [0, 0.1) is 0 Å². The molecule has 3 heterocycles. The number of aromatic amines is 3. The molecule has 1 atom stereocenters. The molecule has 1 fully saturated rings. The SMILES string of the molecule is CC1(c2nc3[nH]c(=O)[nH]c(=O)c3[nH]2)CCNC1. The molecule has 4 N–H and O–H groups in total. The first-order valence-corrected chi connectivity index (χ1v) is 5.52. The largest absolute Gasteiger partial charge is 0.336 e. The maximum Gasteiger partial charge on any atom is 0.327 e. The molecule has 17 heavy (non-hydrogen) atoms. The van der Waals surface area contributed by atoms with Crippen LogP contribution in [-0.4, -0.2) is 33.0 Å². The van der Waals surface area contributed by atoms with E-state index in [9.17, 15) is 9.59 Å². The van der Waals surface area contributed by atoms with Crippen LogP contribution in [-0.2, 0) is 5.41 Å². The van der Waals surface area contributed by atoms with Crippen LogP contribution in [0.15, 0.2) is 9.59 Å². The van der Waals surface area contributed by atoms with Crippen molar-refractivity contribution in [3.63, 3.8) is 0 Å². The lowest BCUT2D eigenvalue weighted by Gasteiger charge is -2.18. The van der Waals surface area contributed by atoms with Gasteiger partial charge in [-0.3, -0.25) is 14.8 Å².